The smallest absolute Gasteiger partial charge is 0.378 e. The van der Waals surface area contributed by atoms with Gasteiger partial charge in [-0.25, -0.2) is 13.2 Å². The van der Waals surface area contributed by atoms with Crippen LogP contribution in [0, 0.1) is 10.1 Å². The molecule has 10 heteroatoms. The highest BCUT2D eigenvalue weighted by Crippen LogP contribution is 2.21. The molecule has 150 valence electrons. The van der Waals surface area contributed by atoms with Crippen molar-refractivity contribution < 1.29 is 32.0 Å². The second-order valence-electron chi connectivity index (χ2n) is 5.51. The van der Waals surface area contributed by atoms with Crippen LogP contribution in [-0.4, -0.2) is 23.9 Å². The number of carbonyl (C=O) groups excluding carboxylic acids is 1. The predicted molar refractivity (Wildman–Crippen MR) is 99.8 cm³/mol. The van der Waals surface area contributed by atoms with E-state index in [9.17, 15) is 27.9 Å². The topological polar surface area (TPSA) is 131 Å². The minimum Gasteiger partial charge on any atom is -0.744 e. The lowest BCUT2D eigenvalue weighted by Gasteiger charge is -2.06. The summed E-state index contributed by atoms with van der Waals surface area (Å²) >= 11 is 0. The third kappa shape index (κ3) is 7.13. The Morgan fingerprint density at radius 2 is 1.48 bits per heavy atom. The zero-order valence-electron chi connectivity index (χ0n) is 15.0. The first-order chi connectivity index (χ1) is 13.8. The van der Waals surface area contributed by atoms with E-state index in [1.54, 1.807) is 16.7 Å². The van der Waals surface area contributed by atoms with Gasteiger partial charge in [-0.1, -0.05) is 36.4 Å². The van der Waals surface area contributed by atoms with E-state index in [0.29, 0.717) is 5.75 Å². The first kappa shape index (κ1) is 21.7. The zero-order chi connectivity index (χ0) is 21.3. The minimum atomic E-state index is -4.77. The SMILES string of the molecule is O=C(C[n+]1ccccc1)Oc1ccccc1.O=[N+]([O-])c1ccccc1S(=O)(=O)[O-]. The Morgan fingerprint density at radius 1 is 0.931 bits per heavy atom. The Labute approximate surface area is 166 Å². The largest absolute Gasteiger partial charge is 0.744 e. The van der Waals surface area contributed by atoms with Crippen LogP contribution in [0.2, 0.25) is 0 Å². The maximum atomic E-state index is 11.5. The molecule has 9 nitrogen and oxygen atoms in total. The maximum Gasteiger partial charge on any atom is 0.378 e. The number of benzene rings is 2. The highest BCUT2D eigenvalue weighted by atomic mass is 32.2. The standard InChI is InChI=1S/C13H12NO2.C6H5NO5S/c15-13(11-14-9-5-2-6-10-14)16-12-7-3-1-4-8-12;8-7(9)5-3-1-2-4-6(5)13(10,11)12/h1-10H,11H2;1-4H,(H,10,11,12)/q+1;/p-1. The van der Waals surface area contributed by atoms with Crippen molar-refractivity contribution in [1.82, 2.24) is 0 Å². The van der Waals surface area contributed by atoms with Crippen molar-refractivity contribution >= 4 is 21.8 Å². The number of para-hydroxylation sites is 2. The fraction of sp³-hybridized carbons (Fsp3) is 0.0526. The Hall–Kier alpha value is -3.63. The lowest BCUT2D eigenvalue weighted by molar-refractivity contribution is -0.685. The lowest BCUT2D eigenvalue weighted by Crippen LogP contribution is -2.38. The summed E-state index contributed by atoms with van der Waals surface area (Å²) in [5.74, 6) is 0.298. The number of carbonyl (C=O) groups is 1. The van der Waals surface area contributed by atoms with Gasteiger partial charge in [0.2, 0.25) is 6.54 Å². The van der Waals surface area contributed by atoms with Crippen LogP contribution in [0.3, 0.4) is 0 Å². The highest BCUT2D eigenvalue weighted by molar-refractivity contribution is 7.85. The monoisotopic (exact) mass is 416 g/mol. The van der Waals surface area contributed by atoms with E-state index in [-0.39, 0.29) is 12.5 Å². The van der Waals surface area contributed by atoms with Crippen molar-refractivity contribution in [2.75, 3.05) is 0 Å². The van der Waals surface area contributed by atoms with Gasteiger partial charge in [-0.2, -0.15) is 4.57 Å². The van der Waals surface area contributed by atoms with Crippen LogP contribution in [0.15, 0.2) is 90.1 Å². The Balaban J connectivity index is 0.000000212. The van der Waals surface area contributed by atoms with Gasteiger partial charge in [0.15, 0.2) is 12.4 Å². The number of nitro groups is 1. The summed E-state index contributed by atoms with van der Waals surface area (Å²) in [6, 6.07) is 19.1. The molecule has 0 spiro atoms. The van der Waals surface area contributed by atoms with Crippen molar-refractivity contribution in [1.29, 1.82) is 0 Å². The molecule has 29 heavy (non-hydrogen) atoms. The number of rotatable bonds is 5. The maximum absolute atomic E-state index is 11.5. The van der Waals surface area contributed by atoms with Gasteiger partial charge in [0.05, 0.1) is 4.92 Å². The van der Waals surface area contributed by atoms with E-state index < -0.39 is 25.6 Å². The van der Waals surface area contributed by atoms with Crippen LogP contribution < -0.4 is 9.30 Å². The summed E-state index contributed by atoms with van der Waals surface area (Å²) < 4.78 is 38.4. The predicted octanol–water partition coefficient (Wildman–Crippen LogP) is 2.08. The molecule has 1 aromatic heterocycles. The number of ether oxygens (including phenoxy) is 1. The number of aromatic nitrogens is 1. The molecule has 0 N–H and O–H groups in total. The van der Waals surface area contributed by atoms with E-state index in [1.807, 2.05) is 48.8 Å². The van der Waals surface area contributed by atoms with Gasteiger partial charge in [-0.15, -0.1) is 0 Å². The molecule has 0 unspecified atom stereocenters. The number of hydrogen-bond donors (Lipinski definition) is 0. The molecular formula is C19H16N2O7S. The third-order valence-electron chi connectivity index (χ3n) is 3.40. The molecule has 1 heterocycles. The van der Waals surface area contributed by atoms with Gasteiger partial charge < -0.3 is 9.29 Å². The molecule has 3 aromatic rings. The van der Waals surface area contributed by atoms with Crippen molar-refractivity contribution in [3.8, 4) is 5.75 Å². The number of hydrogen-bond acceptors (Lipinski definition) is 7. The molecule has 0 atom stereocenters. The molecule has 0 saturated carbocycles. The second-order valence-corrected chi connectivity index (χ2v) is 6.86. The summed E-state index contributed by atoms with van der Waals surface area (Å²) in [6.07, 6.45) is 3.65. The Morgan fingerprint density at radius 3 is 2.03 bits per heavy atom. The highest BCUT2D eigenvalue weighted by Gasteiger charge is 2.16. The summed E-state index contributed by atoms with van der Waals surface area (Å²) in [6.45, 7) is 0.218. The lowest BCUT2D eigenvalue weighted by atomic mass is 10.3. The van der Waals surface area contributed by atoms with Crippen molar-refractivity contribution in [3.05, 3.63) is 95.3 Å². The third-order valence-corrected chi connectivity index (χ3v) is 4.28. The molecule has 3 rings (SSSR count). The van der Waals surface area contributed by atoms with Gasteiger partial charge >= 0.3 is 5.97 Å². The van der Waals surface area contributed by atoms with Crippen LogP contribution in [-0.2, 0) is 21.5 Å². The summed E-state index contributed by atoms with van der Waals surface area (Å²) in [4.78, 5) is 20.1. The van der Waals surface area contributed by atoms with Gasteiger partial charge in [-0.3, -0.25) is 10.1 Å². The number of nitrogens with zero attached hydrogens (tertiary/aromatic N) is 2. The van der Waals surface area contributed by atoms with Crippen molar-refractivity contribution in [2.45, 2.75) is 11.4 Å². The normalized spacial score (nSPS) is 10.4. The van der Waals surface area contributed by atoms with Crippen LogP contribution >= 0.6 is 0 Å². The first-order valence-electron chi connectivity index (χ1n) is 8.16. The van der Waals surface area contributed by atoms with E-state index in [1.165, 1.54) is 12.1 Å². The fourth-order valence-electron chi connectivity index (χ4n) is 2.16. The number of pyridine rings is 1. The summed E-state index contributed by atoms with van der Waals surface area (Å²) in [7, 11) is -4.77. The Kier molecular flexibility index (Phi) is 7.52. The minimum absolute atomic E-state index is 0.218. The number of nitro benzene ring substituents is 1. The fourth-order valence-corrected chi connectivity index (χ4v) is 2.80. The molecule has 0 aliphatic carbocycles. The van der Waals surface area contributed by atoms with Crippen molar-refractivity contribution in [3.63, 3.8) is 0 Å². The van der Waals surface area contributed by atoms with Crippen LogP contribution in [0.4, 0.5) is 5.69 Å². The summed E-state index contributed by atoms with van der Waals surface area (Å²) in [5.41, 5.74) is -0.697. The second kappa shape index (κ2) is 10.1. The molecule has 0 aliphatic heterocycles. The molecule has 0 aliphatic rings. The average Bonchev–Trinajstić information content (AvgIpc) is 2.69. The first-order valence-corrected chi connectivity index (χ1v) is 9.57. The van der Waals surface area contributed by atoms with E-state index in [0.717, 1.165) is 12.1 Å². The van der Waals surface area contributed by atoms with Gasteiger partial charge in [0, 0.05) is 18.2 Å². The molecule has 0 radical (unpaired) electrons. The van der Waals surface area contributed by atoms with Crippen LogP contribution in [0.5, 0.6) is 5.75 Å². The van der Waals surface area contributed by atoms with Crippen molar-refractivity contribution in [2.24, 2.45) is 0 Å². The van der Waals surface area contributed by atoms with E-state index >= 15 is 0 Å². The zero-order valence-corrected chi connectivity index (χ0v) is 15.8. The van der Waals surface area contributed by atoms with Gasteiger partial charge in [0.1, 0.15) is 20.8 Å². The molecular weight excluding hydrogens is 400 g/mol. The molecule has 2 aromatic carbocycles. The van der Waals surface area contributed by atoms with Crippen LogP contribution in [0.25, 0.3) is 0 Å². The quantitative estimate of drug-likeness (QED) is 0.155. The molecule has 0 amide bonds. The molecule has 0 saturated heterocycles. The van der Waals surface area contributed by atoms with E-state index in [2.05, 4.69) is 0 Å². The van der Waals surface area contributed by atoms with Crippen LogP contribution in [0.1, 0.15) is 0 Å². The van der Waals surface area contributed by atoms with E-state index in [4.69, 9.17) is 4.74 Å². The summed E-state index contributed by atoms with van der Waals surface area (Å²) in [5, 5.41) is 10.3. The van der Waals surface area contributed by atoms with Gasteiger partial charge in [0.25, 0.3) is 5.69 Å². The number of esters is 1. The molecule has 0 bridgehead atoms. The Bertz CT molecular complexity index is 1030. The van der Waals surface area contributed by atoms with Gasteiger partial charge in [-0.05, 0) is 18.2 Å². The molecule has 0 fully saturated rings. The average molecular weight is 416 g/mol.